The summed E-state index contributed by atoms with van der Waals surface area (Å²) in [6.45, 7) is 3.28. The van der Waals surface area contributed by atoms with Crippen LogP contribution in [0.2, 0.25) is 0 Å². The Balaban J connectivity index is 1.34. The second kappa shape index (κ2) is 7.67. The zero-order valence-electron chi connectivity index (χ0n) is 16.7. The van der Waals surface area contributed by atoms with Crippen LogP contribution >= 0.6 is 0 Å². The number of hydrogen-bond donors (Lipinski definition) is 1. The number of amides is 1. The van der Waals surface area contributed by atoms with Crippen LogP contribution in [0.15, 0.2) is 55.0 Å². The third kappa shape index (κ3) is 3.43. The highest BCUT2D eigenvalue weighted by molar-refractivity contribution is 6.05. The number of nitrogens with one attached hydrogen (secondary N) is 1. The first kappa shape index (κ1) is 18.4. The van der Waals surface area contributed by atoms with Crippen LogP contribution in [0.25, 0.3) is 22.3 Å². The summed E-state index contributed by atoms with van der Waals surface area (Å²) in [6, 6.07) is 11.8. The van der Waals surface area contributed by atoms with Crippen molar-refractivity contribution in [1.29, 1.82) is 0 Å². The molecule has 0 atom stereocenters. The number of aromatic amines is 1. The topological polar surface area (TPSA) is 87.7 Å². The number of carbonyl (C=O) groups is 1. The molecule has 7 heteroatoms. The summed E-state index contributed by atoms with van der Waals surface area (Å²) in [5.74, 6) is 1.78. The van der Waals surface area contributed by atoms with Crippen molar-refractivity contribution in [2.24, 2.45) is 0 Å². The van der Waals surface area contributed by atoms with E-state index in [0.29, 0.717) is 24.7 Å². The molecule has 0 saturated carbocycles. The molecule has 0 bridgehead atoms. The summed E-state index contributed by atoms with van der Waals surface area (Å²) in [7, 11) is 0. The zero-order valence-corrected chi connectivity index (χ0v) is 16.7. The molecule has 150 valence electrons. The highest BCUT2D eigenvalue weighted by Crippen LogP contribution is 2.29. The number of carbonyl (C=O) groups excluding carboxylic acids is 1. The van der Waals surface area contributed by atoms with Crippen LogP contribution < -0.4 is 0 Å². The minimum Gasteiger partial charge on any atom is -0.343 e. The SMILES string of the molecule is Cc1nc(-c2ncc[nH]2)cc(C2CCN(C(=O)c3nccc4ccccc34)CC2)n1. The number of nitrogens with zero attached hydrogens (tertiary/aromatic N) is 5. The molecule has 1 amide bonds. The standard InChI is InChI=1S/C23H22N6O/c1-15-27-19(14-20(28-15)22-25-10-11-26-22)17-7-12-29(13-8-17)23(30)21-18-5-3-2-4-16(18)6-9-24-21/h2-6,9-11,14,17H,7-8,12-13H2,1H3,(H,25,26). The molecule has 0 aliphatic carbocycles. The maximum Gasteiger partial charge on any atom is 0.273 e. The van der Waals surface area contributed by atoms with E-state index in [1.165, 1.54) is 0 Å². The van der Waals surface area contributed by atoms with Gasteiger partial charge in [-0.1, -0.05) is 24.3 Å². The Labute approximate surface area is 174 Å². The van der Waals surface area contributed by atoms with E-state index in [1.54, 1.807) is 18.6 Å². The van der Waals surface area contributed by atoms with E-state index in [4.69, 9.17) is 0 Å². The van der Waals surface area contributed by atoms with E-state index < -0.39 is 0 Å². The molecule has 1 aliphatic rings. The van der Waals surface area contributed by atoms with Crippen molar-refractivity contribution in [2.45, 2.75) is 25.7 Å². The highest BCUT2D eigenvalue weighted by atomic mass is 16.2. The first-order valence-electron chi connectivity index (χ1n) is 10.2. The van der Waals surface area contributed by atoms with E-state index >= 15 is 0 Å². The van der Waals surface area contributed by atoms with Gasteiger partial charge in [0.25, 0.3) is 5.91 Å². The van der Waals surface area contributed by atoms with Crippen molar-refractivity contribution in [1.82, 2.24) is 29.8 Å². The number of hydrogen-bond acceptors (Lipinski definition) is 5. The molecule has 30 heavy (non-hydrogen) atoms. The summed E-state index contributed by atoms with van der Waals surface area (Å²) < 4.78 is 0. The fraction of sp³-hybridized carbons (Fsp3) is 0.261. The van der Waals surface area contributed by atoms with Gasteiger partial charge in [-0.3, -0.25) is 9.78 Å². The van der Waals surface area contributed by atoms with Crippen molar-refractivity contribution in [3.8, 4) is 11.5 Å². The van der Waals surface area contributed by atoms with Gasteiger partial charge < -0.3 is 9.88 Å². The van der Waals surface area contributed by atoms with Gasteiger partial charge in [0.15, 0.2) is 5.82 Å². The number of piperidine rings is 1. The predicted molar refractivity (Wildman–Crippen MR) is 114 cm³/mol. The van der Waals surface area contributed by atoms with Gasteiger partial charge in [0.05, 0.1) is 0 Å². The van der Waals surface area contributed by atoms with Crippen molar-refractivity contribution in [3.63, 3.8) is 0 Å². The summed E-state index contributed by atoms with van der Waals surface area (Å²) in [5, 5.41) is 1.94. The lowest BCUT2D eigenvalue weighted by Crippen LogP contribution is -2.38. The molecule has 0 spiro atoms. The normalized spacial score (nSPS) is 14.9. The predicted octanol–water partition coefficient (Wildman–Crippen LogP) is 3.74. The van der Waals surface area contributed by atoms with Crippen LogP contribution in [-0.2, 0) is 0 Å². The molecule has 5 rings (SSSR count). The Bertz CT molecular complexity index is 1190. The third-order valence-corrected chi connectivity index (χ3v) is 5.68. The molecule has 1 aromatic carbocycles. The Kier molecular flexibility index (Phi) is 4.71. The van der Waals surface area contributed by atoms with Gasteiger partial charge in [0.1, 0.15) is 17.2 Å². The minimum atomic E-state index is 0.000364. The van der Waals surface area contributed by atoms with E-state index in [1.807, 2.05) is 48.2 Å². The quantitative estimate of drug-likeness (QED) is 0.568. The second-order valence-corrected chi connectivity index (χ2v) is 7.61. The molecule has 1 aliphatic heterocycles. The molecule has 3 aromatic heterocycles. The fourth-order valence-electron chi connectivity index (χ4n) is 4.14. The van der Waals surface area contributed by atoms with Crippen LogP contribution in [-0.4, -0.2) is 48.8 Å². The molecule has 1 fully saturated rings. The van der Waals surface area contributed by atoms with Gasteiger partial charge in [-0.15, -0.1) is 0 Å². The molecule has 4 heterocycles. The Morgan fingerprint density at radius 2 is 1.90 bits per heavy atom. The maximum atomic E-state index is 13.1. The first-order valence-corrected chi connectivity index (χ1v) is 10.2. The molecular formula is C23H22N6O. The van der Waals surface area contributed by atoms with Crippen LogP contribution in [0.3, 0.4) is 0 Å². The number of fused-ring (bicyclic) bond motifs is 1. The lowest BCUT2D eigenvalue weighted by Gasteiger charge is -2.32. The van der Waals surface area contributed by atoms with Gasteiger partial charge in [0, 0.05) is 48.7 Å². The molecule has 0 radical (unpaired) electrons. The second-order valence-electron chi connectivity index (χ2n) is 7.61. The Morgan fingerprint density at radius 3 is 2.70 bits per heavy atom. The third-order valence-electron chi connectivity index (χ3n) is 5.68. The fourth-order valence-corrected chi connectivity index (χ4v) is 4.14. The maximum absolute atomic E-state index is 13.1. The highest BCUT2D eigenvalue weighted by Gasteiger charge is 2.27. The average molecular weight is 398 g/mol. The van der Waals surface area contributed by atoms with Crippen molar-refractivity contribution in [2.75, 3.05) is 13.1 Å². The van der Waals surface area contributed by atoms with E-state index in [9.17, 15) is 4.79 Å². The molecule has 1 N–H and O–H groups in total. The van der Waals surface area contributed by atoms with Crippen LogP contribution in [0, 0.1) is 6.92 Å². The lowest BCUT2D eigenvalue weighted by molar-refractivity contribution is 0.0708. The molecule has 4 aromatic rings. The number of likely N-dealkylation sites (tertiary alicyclic amines) is 1. The van der Waals surface area contributed by atoms with E-state index in [-0.39, 0.29) is 5.91 Å². The monoisotopic (exact) mass is 398 g/mol. The molecular weight excluding hydrogens is 376 g/mol. The van der Waals surface area contributed by atoms with E-state index in [0.717, 1.165) is 46.7 Å². The van der Waals surface area contributed by atoms with Crippen LogP contribution in [0.4, 0.5) is 0 Å². The number of aromatic nitrogens is 5. The summed E-state index contributed by atoms with van der Waals surface area (Å²) in [5.41, 5.74) is 2.36. The smallest absolute Gasteiger partial charge is 0.273 e. The van der Waals surface area contributed by atoms with Crippen LogP contribution in [0.5, 0.6) is 0 Å². The Hall–Kier alpha value is -3.61. The van der Waals surface area contributed by atoms with Crippen LogP contribution in [0.1, 0.15) is 40.8 Å². The molecule has 1 saturated heterocycles. The number of imidazole rings is 1. The van der Waals surface area contributed by atoms with Crippen molar-refractivity contribution >= 4 is 16.7 Å². The van der Waals surface area contributed by atoms with Crippen molar-refractivity contribution < 1.29 is 4.79 Å². The molecule has 7 nitrogen and oxygen atoms in total. The van der Waals surface area contributed by atoms with Crippen molar-refractivity contribution in [3.05, 3.63) is 72.2 Å². The number of aryl methyl sites for hydroxylation is 1. The number of rotatable bonds is 3. The van der Waals surface area contributed by atoms with Gasteiger partial charge in [-0.2, -0.15) is 0 Å². The zero-order chi connectivity index (χ0) is 20.5. The van der Waals surface area contributed by atoms with Gasteiger partial charge in [-0.05, 0) is 37.3 Å². The Morgan fingerprint density at radius 1 is 1.07 bits per heavy atom. The first-order chi connectivity index (χ1) is 14.7. The summed E-state index contributed by atoms with van der Waals surface area (Å²) >= 11 is 0. The molecule has 0 unspecified atom stereocenters. The summed E-state index contributed by atoms with van der Waals surface area (Å²) in [6.07, 6.45) is 6.95. The average Bonchev–Trinajstić information content (AvgIpc) is 3.33. The number of H-pyrrole nitrogens is 1. The van der Waals surface area contributed by atoms with Gasteiger partial charge in [0.2, 0.25) is 0 Å². The van der Waals surface area contributed by atoms with Gasteiger partial charge in [-0.25, -0.2) is 15.0 Å². The number of pyridine rings is 1. The summed E-state index contributed by atoms with van der Waals surface area (Å²) in [4.78, 5) is 36.0. The largest absolute Gasteiger partial charge is 0.343 e. The number of benzene rings is 1. The minimum absolute atomic E-state index is 0.000364. The van der Waals surface area contributed by atoms with E-state index in [2.05, 4.69) is 24.9 Å². The van der Waals surface area contributed by atoms with Gasteiger partial charge >= 0.3 is 0 Å². The lowest BCUT2D eigenvalue weighted by atomic mass is 9.92.